The van der Waals surface area contributed by atoms with Crippen molar-refractivity contribution >= 4 is 11.1 Å². The predicted octanol–water partition coefficient (Wildman–Crippen LogP) is 9.89. The van der Waals surface area contributed by atoms with Gasteiger partial charge < -0.3 is 4.42 Å². The number of rotatable bonds is 6. The van der Waals surface area contributed by atoms with E-state index < -0.39 is 0 Å². The van der Waals surface area contributed by atoms with E-state index in [1.54, 1.807) is 0 Å². The normalized spacial score (nSPS) is 11.0. The molecule has 8 aromatic rings. The monoisotopic (exact) mass is 603 g/mol. The molecule has 0 atom stereocenters. The second-order valence-electron chi connectivity index (χ2n) is 11.0. The number of oxazole rings is 1. The minimum atomic E-state index is 0.573. The molecule has 0 aliphatic heterocycles. The van der Waals surface area contributed by atoms with E-state index in [9.17, 15) is 5.26 Å². The Labute approximate surface area is 271 Å². The van der Waals surface area contributed by atoms with Gasteiger partial charge >= 0.3 is 0 Å². The zero-order valence-corrected chi connectivity index (χ0v) is 25.1. The summed E-state index contributed by atoms with van der Waals surface area (Å²) in [6.45, 7) is 0. The minimum Gasteiger partial charge on any atom is -0.436 e. The fourth-order valence-corrected chi connectivity index (χ4v) is 5.71. The van der Waals surface area contributed by atoms with E-state index in [0.29, 0.717) is 28.9 Å². The summed E-state index contributed by atoms with van der Waals surface area (Å²) in [4.78, 5) is 19.2. The molecule has 0 aliphatic carbocycles. The molecule has 0 N–H and O–H groups in total. The van der Waals surface area contributed by atoms with Crippen LogP contribution in [0.3, 0.4) is 0 Å². The molecule has 0 aliphatic rings. The van der Waals surface area contributed by atoms with Gasteiger partial charge in [0.15, 0.2) is 23.1 Å². The second kappa shape index (κ2) is 12.0. The molecule has 6 nitrogen and oxygen atoms in total. The van der Waals surface area contributed by atoms with Gasteiger partial charge in [-0.25, -0.2) is 19.9 Å². The first kappa shape index (κ1) is 27.8. The molecule has 0 fully saturated rings. The number of hydrogen-bond donors (Lipinski definition) is 0. The minimum absolute atomic E-state index is 0.573. The molecule has 0 spiro atoms. The maximum absolute atomic E-state index is 10.1. The second-order valence-corrected chi connectivity index (χ2v) is 11.0. The summed E-state index contributed by atoms with van der Waals surface area (Å²) < 4.78 is 5.97. The average molecular weight is 604 g/mol. The molecule has 0 saturated heterocycles. The lowest BCUT2D eigenvalue weighted by Gasteiger charge is -2.13. The highest BCUT2D eigenvalue weighted by Crippen LogP contribution is 2.37. The van der Waals surface area contributed by atoms with E-state index in [1.807, 2.05) is 152 Å². The summed E-state index contributed by atoms with van der Waals surface area (Å²) in [5.74, 6) is 2.37. The van der Waals surface area contributed by atoms with Crippen LogP contribution in [-0.2, 0) is 0 Å². The summed E-state index contributed by atoms with van der Waals surface area (Å²) in [6, 6.07) is 51.9. The van der Waals surface area contributed by atoms with Gasteiger partial charge in [0, 0.05) is 27.8 Å². The van der Waals surface area contributed by atoms with Crippen LogP contribution in [0.2, 0.25) is 0 Å². The van der Waals surface area contributed by atoms with E-state index in [2.05, 4.69) is 11.1 Å². The molecule has 47 heavy (non-hydrogen) atoms. The van der Waals surface area contributed by atoms with Crippen molar-refractivity contribution in [3.8, 4) is 73.9 Å². The molecule has 0 amide bonds. The first-order valence-corrected chi connectivity index (χ1v) is 15.2. The van der Waals surface area contributed by atoms with Gasteiger partial charge in [0.2, 0.25) is 5.89 Å². The number of benzene rings is 6. The van der Waals surface area contributed by atoms with Gasteiger partial charge in [-0.3, -0.25) is 0 Å². The first-order chi connectivity index (χ1) is 23.2. The molecule has 2 aromatic heterocycles. The van der Waals surface area contributed by atoms with Crippen molar-refractivity contribution in [1.82, 2.24) is 19.9 Å². The summed E-state index contributed by atoms with van der Waals surface area (Å²) in [5, 5.41) is 10.1. The lowest BCUT2D eigenvalue weighted by molar-refractivity contribution is 0.620. The van der Waals surface area contributed by atoms with Gasteiger partial charge in [0.05, 0.1) is 11.6 Å². The van der Waals surface area contributed by atoms with Crippen molar-refractivity contribution < 1.29 is 4.42 Å². The van der Waals surface area contributed by atoms with E-state index in [-0.39, 0.29) is 0 Å². The van der Waals surface area contributed by atoms with Crippen LogP contribution in [0.15, 0.2) is 156 Å². The Kier molecular flexibility index (Phi) is 7.10. The van der Waals surface area contributed by atoms with Crippen molar-refractivity contribution in [2.45, 2.75) is 0 Å². The highest BCUT2D eigenvalue weighted by molar-refractivity contribution is 5.88. The summed E-state index contributed by atoms with van der Waals surface area (Å²) in [5.41, 5.74) is 9.46. The molecule has 0 unspecified atom stereocenters. The van der Waals surface area contributed by atoms with Crippen molar-refractivity contribution in [2.75, 3.05) is 0 Å². The Morgan fingerprint density at radius 3 is 1.53 bits per heavy atom. The number of aromatic nitrogens is 4. The van der Waals surface area contributed by atoms with Gasteiger partial charge in [-0.1, -0.05) is 121 Å². The van der Waals surface area contributed by atoms with Gasteiger partial charge in [0.25, 0.3) is 0 Å². The number of nitriles is 1. The predicted molar refractivity (Wildman–Crippen MR) is 185 cm³/mol. The molecule has 6 aromatic carbocycles. The topological polar surface area (TPSA) is 88.5 Å². The third-order valence-electron chi connectivity index (χ3n) is 8.05. The molecule has 220 valence electrons. The van der Waals surface area contributed by atoms with Crippen LogP contribution in [0, 0.1) is 11.3 Å². The molecule has 0 bridgehead atoms. The number of para-hydroxylation sites is 2. The largest absolute Gasteiger partial charge is 0.436 e. The fraction of sp³-hybridized carbons (Fsp3) is 0. The maximum Gasteiger partial charge on any atom is 0.227 e. The van der Waals surface area contributed by atoms with Crippen LogP contribution in [0.25, 0.3) is 79.0 Å². The van der Waals surface area contributed by atoms with Gasteiger partial charge in [-0.2, -0.15) is 5.26 Å². The summed E-state index contributed by atoms with van der Waals surface area (Å²) in [7, 11) is 0. The van der Waals surface area contributed by atoms with Crippen LogP contribution >= 0.6 is 0 Å². The Hall–Kier alpha value is -6.71. The van der Waals surface area contributed by atoms with E-state index in [0.717, 1.165) is 55.6 Å². The van der Waals surface area contributed by atoms with Gasteiger partial charge in [-0.05, 0) is 47.0 Å². The SMILES string of the molecule is N#Cc1cccc(-c2ccc(-c3nc4ccccc4o3)cc2)c1-c1ccc(-c2nc(-c3ccccc3)nc(-c3ccccc3)n2)cc1. The number of nitrogens with zero attached hydrogens (tertiary/aromatic N) is 5. The van der Waals surface area contributed by atoms with Crippen LogP contribution in [0.4, 0.5) is 0 Å². The quantitative estimate of drug-likeness (QED) is 0.188. The van der Waals surface area contributed by atoms with E-state index >= 15 is 0 Å². The van der Waals surface area contributed by atoms with E-state index in [1.165, 1.54) is 0 Å². The molecular formula is C41H25N5O. The van der Waals surface area contributed by atoms with Crippen molar-refractivity contribution in [3.63, 3.8) is 0 Å². The highest BCUT2D eigenvalue weighted by Gasteiger charge is 2.16. The standard InChI is InChI=1S/C41H25N5O/c42-26-33-14-9-15-34(27-18-24-32(25-19-27)41-43-35-16-7-8-17-36(35)47-41)37(33)28-20-22-31(23-21-28)40-45-38(29-10-3-1-4-11-29)44-39(46-40)30-12-5-2-6-13-30/h1-25H. The van der Waals surface area contributed by atoms with E-state index in [4.69, 9.17) is 19.4 Å². The third-order valence-corrected chi connectivity index (χ3v) is 8.05. The highest BCUT2D eigenvalue weighted by atomic mass is 16.3. The van der Waals surface area contributed by atoms with Gasteiger partial charge in [-0.15, -0.1) is 0 Å². The molecule has 6 heteroatoms. The number of hydrogen-bond acceptors (Lipinski definition) is 6. The summed E-state index contributed by atoms with van der Waals surface area (Å²) in [6.07, 6.45) is 0. The molecule has 2 heterocycles. The smallest absolute Gasteiger partial charge is 0.227 e. The maximum atomic E-state index is 10.1. The Balaban J connectivity index is 1.17. The van der Waals surface area contributed by atoms with Crippen molar-refractivity contribution in [3.05, 3.63) is 157 Å². The van der Waals surface area contributed by atoms with Crippen LogP contribution in [0.5, 0.6) is 0 Å². The van der Waals surface area contributed by atoms with Crippen molar-refractivity contribution in [2.24, 2.45) is 0 Å². The Morgan fingerprint density at radius 1 is 0.426 bits per heavy atom. The molecule has 0 saturated carbocycles. The molecule has 8 rings (SSSR count). The van der Waals surface area contributed by atoms with Crippen LogP contribution in [0.1, 0.15) is 5.56 Å². The van der Waals surface area contributed by atoms with Crippen LogP contribution < -0.4 is 0 Å². The Bertz CT molecular complexity index is 2300. The first-order valence-electron chi connectivity index (χ1n) is 15.2. The third kappa shape index (κ3) is 5.43. The molecular weight excluding hydrogens is 578 g/mol. The zero-order chi connectivity index (χ0) is 31.6. The number of fused-ring (bicyclic) bond motifs is 1. The lowest BCUT2D eigenvalue weighted by Crippen LogP contribution is -2.00. The summed E-state index contributed by atoms with van der Waals surface area (Å²) >= 11 is 0. The van der Waals surface area contributed by atoms with Gasteiger partial charge in [0.1, 0.15) is 5.52 Å². The van der Waals surface area contributed by atoms with Crippen molar-refractivity contribution in [1.29, 1.82) is 5.26 Å². The fourth-order valence-electron chi connectivity index (χ4n) is 5.71. The lowest BCUT2D eigenvalue weighted by atomic mass is 9.90. The zero-order valence-electron chi connectivity index (χ0n) is 25.1. The molecule has 0 radical (unpaired) electrons. The average Bonchev–Trinajstić information content (AvgIpc) is 3.60. The van der Waals surface area contributed by atoms with Crippen LogP contribution in [-0.4, -0.2) is 19.9 Å². The Morgan fingerprint density at radius 2 is 0.936 bits per heavy atom.